The van der Waals surface area contributed by atoms with E-state index >= 15 is 0 Å². The molecular weight excluding hydrogens is 342 g/mol. The van der Waals surface area contributed by atoms with Crippen LogP contribution in [0.5, 0.6) is 5.75 Å². The van der Waals surface area contributed by atoms with E-state index < -0.39 is 5.97 Å². The zero-order valence-electron chi connectivity index (χ0n) is 13.6. The molecule has 7 nitrogen and oxygen atoms in total. The SMILES string of the molecule is CCN1C(=O)COc2ccc(-c3cn4c(C)c(C(=O)O)sc4n3)cc21. The summed E-state index contributed by atoms with van der Waals surface area (Å²) in [6.07, 6.45) is 1.82. The van der Waals surface area contributed by atoms with Crippen molar-refractivity contribution in [3.63, 3.8) is 0 Å². The fraction of sp³-hybridized carbons (Fsp3) is 0.235. The summed E-state index contributed by atoms with van der Waals surface area (Å²) in [4.78, 5) is 30.4. The number of aryl methyl sites for hydroxylation is 1. The fourth-order valence-electron chi connectivity index (χ4n) is 3.00. The summed E-state index contributed by atoms with van der Waals surface area (Å²) in [5, 5.41) is 9.20. The van der Waals surface area contributed by atoms with Crippen LogP contribution in [0.1, 0.15) is 22.3 Å². The number of aromatic carboxylic acids is 1. The molecule has 0 spiro atoms. The average Bonchev–Trinajstić information content (AvgIpc) is 3.14. The molecule has 3 heterocycles. The number of aromatic nitrogens is 2. The lowest BCUT2D eigenvalue weighted by molar-refractivity contribution is -0.121. The second-order valence-electron chi connectivity index (χ2n) is 5.71. The van der Waals surface area contributed by atoms with Crippen LogP contribution in [0.25, 0.3) is 16.2 Å². The van der Waals surface area contributed by atoms with Crippen LogP contribution >= 0.6 is 11.3 Å². The molecule has 0 radical (unpaired) electrons. The summed E-state index contributed by atoms with van der Waals surface area (Å²) in [5.41, 5.74) is 2.96. The number of thiazole rings is 1. The summed E-state index contributed by atoms with van der Waals surface area (Å²) in [6.45, 7) is 4.30. The van der Waals surface area contributed by atoms with Crippen LogP contribution in [-0.4, -0.2) is 39.5 Å². The van der Waals surface area contributed by atoms with E-state index in [0.717, 1.165) is 28.3 Å². The van der Waals surface area contributed by atoms with E-state index in [9.17, 15) is 14.7 Å². The molecule has 0 bridgehead atoms. The summed E-state index contributed by atoms with van der Waals surface area (Å²) in [5.74, 6) is -0.340. The normalized spacial score (nSPS) is 13.8. The van der Waals surface area contributed by atoms with Gasteiger partial charge in [0.1, 0.15) is 10.6 Å². The lowest BCUT2D eigenvalue weighted by Crippen LogP contribution is -2.38. The molecule has 4 rings (SSSR count). The molecule has 128 valence electrons. The molecule has 0 saturated carbocycles. The number of fused-ring (bicyclic) bond motifs is 2. The van der Waals surface area contributed by atoms with E-state index in [1.165, 1.54) is 0 Å². The Morgan fingerprint density at radius 3 is 2.92 bits per heavy atom. The minimum atomic E-state index is -0.947. The molecule has 25 heavy (non-hydrogen) atoms. The molecule has 0 aliphatic carbocycles. The molecule has 0 atom stereocenters. The van der Waals surface area contributed by atoms with Gasteiger partial charge < -0.3 is 14.7 Å². The van der Waals surface area contributed by atoms with Crippen molar-refractivity contribution in [1.82, 2.24) is 9.38 Å². The summed E-state index contributed by atoms with van der Waals surface area (Å²) in [6, 6.07) is 5.61. The minimum Gasteiger partial charge on any atom is -0.482 e. The third-order valence-corrected chi connectivity index (χ3v) is 5.41. The Bertz CT molecular complexity index is 1020. The number of likely N-dealkylation sites (N-methyl/N-ethyl adjacent to an activating group) is 1. The third kappa shape index (κ3) is 2.37. The van der Waals surface area contributed by atoms with Crippen molar-refractivity contribution in [3.8, 4) is 17.0 Å². The molecule has 1 N–H and O–H groups in total. The standard InChI is InChI=1S/C17H15N3O4S/c1-3-19-12-6-10(4-5-13(12)24-8-14(19)21)11-7-20-9(2)15(16(22)23)25-17(20)18-11/h4-7H,3,8H2,1-2H3,(H,22,23). The number of carboxylic acid groups (broad SMARTS) is 1. The summed E-state index contributed by atoms with van der Waals surface area (Å²) in [7, 11) is 0. The van der Waals surface area contributed by atoms with Gasteiger partial charge in [0, 0.05) is 24.0 Å². The Morgan fingerprint density at radius 2 is 2.24 bits per heavy atom. The number of imidazole rings is 1. The van der Waals surface area contributed by atoms with Crippen molar-refractivity contribution in [1.29, 1.82) is 0 Å². The van der Waals surface area contributed by atoms with Crippen molar-refractivity contribution in [2.24, 2.45) is 0 Å². The Kier molecular flexibility index (Phi) is 3.50. The van der Waals surface area contributed by atoms with Gasteiger partial charge in [0.15, 0.2) is 11.6 Å². The van der Waals surface area contributed by atoms with Crippen molar-refractivity contribution >= 4 is 33.9 Å². The van der Waals surface area contributed by atoms with E-state index in [1.54, 1.807) is 16.2 Å². The number of rotatable bonds is 3. The Hall–Kier alpha value is -2.87. The van der Waals surface area contributed by atoms with Crippen molar-refractivity contribution in [3.05, 3.63) is 35.0 Å². The van der Waals surface area contributed by atoms with Crippen LogP contribution in [0.4, 0.5) is 5.69 Å². The number of carbonyl (C=O) groups is 2. The number of hydrogen-bond donors (Lipinski definition) is 1. The average molecular weight is 357 g/mol. The van der Waals surface area contributed by atoms with Crippen LogP contribution < -0.4 is 9.64 Å². The fourth-order valence-corrected chi connectivity index (χ4v) is 3.94. The predicted octanol–water partition coefficient (Wildman–Crippen LogP) is 2.81. The maximum atomic E-state index is 12.0. The topological polar surface area (TPSA) is 84.1 Å². The zero-order valence-corrected chi connectivity index (χ0v) is 14.5. The van der Waals surface area contributed by atoms with E-state index in [1.807, 2.05) is 31.3 Å². The second-order valence-corrected chi connectivity index (χ2v) is 6.69. The first-order chi connectivity index (χ1) is 12.0. The zero-order chi connectivity index (χ0) is 17.7. The van der Waals surface area contributed by atoms with Crippen LogP contribution in [0.15, 0.2) is 24.4 Å². The molecular formula is C17H15N3O4S. The van der Waals surface area contributed by atoms with Gasteiger partial charge in [0.2, 0.25) is 0 Å². The molecule has 0 unspecified atom stereocenters. The Morgan fingerprint density at radius 1 is 1.44 bits per heavy atom. The van der Waals surface area contributed by atoms with Crippen molar-refractivity contribution < 1.29 is 19.4 Å². The summed E-state index contributed by atoms with van der Waals surface area (Å²) < 4.78 is 7.26. The van der Waals surface area contributed by atoms with Crippen molar-refractivity contribution in [2.45, 2.75) is 13.8 Å². The number of anilines is 1. The molecule has 1 amide bonds. The molecule has 8 heteroatoms. The molecule has 2 aromatic heterocycles. The van der Waals surface area contributed by atoms with Gasteiger partial charge >= 0.3 is 5.97 Å². The maximum absolute atomic E-state index is 12.0. The highest BCUT2D eigenvalue weighted by molar-refractivity contribution is 7.19. The highest BCUT2D eigenvalue weighted by atomic mass is 32.1. The highest BCUT2D eigenvalue weighted by Crippen LogP contribution is 2.36. The van der Waals surface area contributed by atoms with E-state index in [4.69, 9.17) is 4.74 Å². The Labute approximate surface area is 147 Å². The largest absolute Gasteiger partial charge is 0.482 e. The number of hydrogen-bond acceptors (Lipinski definition) is 5. The quantitative estimate of drug-likeness (QED) is 0.779. The lowest BCUT2D eigenvalue weighted by Gasteiger charge is -2.28. The number of amides is 1. The number of nitrogens with zero attached hydrogens (tertiary/aromatic N) is 3. The van der Waals surface area contributed by atoms with Gasteiger partial charge in [-0.15, -0.1) is 0 Å². The molecule has 1 aliphatic rings. The first kappa shape index (κ1) is 15.6. The van der Waals surface area contributed by atoms with Crippen LogP contribution in [0.3, 0.4) is 0 Å². The minimum absolute atomic E-state index is 0.0531. The first-order valence-corrected chi connectivity index (χ1v) is 8.60. The number of carboxylic acids is 1. The van der Waals surface area contributed by atoms with Crippen molar-refractivity contribution in [2.75, 3.05) is 18.1 Å². The molecule has 0 saturated heterocycles. The number of carbonyl (C=O) groups excluding carboxylic acids is 1. The maximum Gasteiger partial charge on any atom is 0.347 e. The van der Waals surface area contributed by atoms with Gasteiger partial charge in [0.25, 0.3) is 5.91 Å². The van der Waals surface area contributed by atoms with Gasteiger partial charge in [-0.05, 0) is 32.0 Å². The van der Waals surface area contributed by atoms with Gasteiger partial charge in [-0.1, -0.05) is 11.3 Å². The van der Waals surface area contributed by atoms with Gasteiger partial charge in [-0.3, -0.25) is 9.20 Å². The molecule has 3 aromatic rings. The molecule has 1 aliphatic heterocycles. The lowest BCUT2D eigenvalue weighted by atomic mass is 10.1. The predicted molar refractivity (Wildman–Crippen MR) is 93.7 cm³/mol. The molecule has 1 aromatic carbocycles. The van der Waals surface area contributed by atoms with Gasteiger partial charge in [-0.25, -0.2) is 9.78 Å². The smallest absolute Gasteiger partial charge is 0.347 e. The van der Waals surface area contributed by atoms with E-state index in [0.29, 0.717) is 22.9 Å². The number of ether oxygens (including phenoxy) is 1. The first-order valence-electron chi connectivity index (χ1n) is 7.79. The second kappa shape index (κ2) is 5.59. The third-order valence-electron chi connectivity index (χ3n) is 4.27. The van der Waals surface area contributed by atoms with E-state index in [-0.39, 0.29) is 17.4 Å². The van der Waals surface area contributed by atoms with Gasteiger partial charge in [-0.2, -0.15) is 0 Å². The van der Waals surface area contributed by atoms with Crippen LogP contribution in [0.2, 0.25) is 0 Å². The number of benzene rings is 1. The highest BCUT2D eigenvalue weighted by Gasteiger charge is 2.25. The Balaban J connectivity index is 1.80. The van der Waals surface area contributed by atoms with Crippen LogP contribution in [-0.2, 0) is 4.79 Å². The van der Waals surface area contributed by atoms with Gasteiger partial charge in [0.05, 0.1) is 11.4 Å². The van der Waals surface area contributed by atoms with E-state index in [2.05, 4.69) is 4.98 Å². The molecule has 0 fully saturated rings. The monoisotopic (exact) mass is 357 g/mol. The summed E-state index contributed by atoms with van der Waals surface area (Å²) >= 11 is 1.14. The van der Waals surface area contributed by atoms with Crippen LogP contribution in [0, 0.1) is 6.92 Å².